The maximum Gasteiger partial charge on any atom is 0.258 e. The zero-order valence-corrected chi connectivity index (χ0v) is 14.4. The van der Waals surface area contributed by atoms with Crippen molar-refractivity contribution in [3.63, 3.8) is 0 Å². The zero-order chi connectivity index (χ0) is 16.8. The topological polar surface area (TPSA) is 25.2 Å². The van der Waals surface area contributed by atoms with Crippen molar-refractivity contribution in [1.82, 2.24) is 4.57 Å². The number of anilines is 1. The van der Waals surface area contributed by atoms with E-state index in [1.54, 1.807) is 0 Å². The minimum Gasteiger partial charge on any atom is -0.351 e. The van der Waals surface area contributed by atoms with Gasteiger partial charge in [0.1, 0.15) is 0 Å². The lowest BCUT2D eigenvalue weighted by molar-refractivity contribution is 0.0996. The molecule has 1 aliphatic rings. The molecule has 0 bridgehead atoms. The maximum atomic E-state index is 12.9. The van der Waals surface area contributed by atoms with E-state index < -0.39 is 0 Å². The standard InChI is InChI=1S/C21H22N2O/c1-14(2)10-15-4-5-17-13-23(21(24)19(17)11-15)18-6-7-20-16(12-18)8-9-22(20)3/h4-9,11-12,14H,10,13H2,1-3H3. The normalized spacial score (nSPS) is 14.0. The summed E-state index contributed by atoms with van der Waals surface area (Å²) in [5.74, 6) is 0.710. The monoisotopic (exact) mass is 318 g/mol. The Kier molecular flexibility index (Phi) is 3.45. The molecule has 0 spiro atoms. The largest absolute Gasteiger partial charge is 0.351 e. The second-order valence-electron chi connectivity index (χ2n) is 7.15. The number of rotatable bonds is 3. The van der Waals surface area contributed by atoms with Crippen molar-refractivity contribution in [3.05, 3.63) is 65.4 Å². The highest BCUT2D eigenvalue weighted by atomic mass is 16.2. The van der Waals surface area contributed by atoms with Gasteiger partial charge in [-0.1, -0.05) is 26.0 Å². The fourth-order valence-corrected chi connectivity index (χ4v) is 3.59. The van der Waals surface area contributed by atoms with Crippen molar-refractivity contribution in [2.75, 3.05) is 4.90 Å². The zero-order valence-electron chi connectivity index (χ0n) is 14.4. The Morgan fingerprint density at radius 1 is 1.08 bits per heavy atom. The lowest BCUT2D eigenvalue weighted by Gasteiger charge is -2.16. The van der Waals surface area contributed by atoms with Crippen LogP contribution in [0, 0.1) is 5.92 Å². The summed E-state index contributed by atoms with van der Waals surface area (Å²) in [4.78, 5) is 14.8. The predicted molar refractivity (Wildman–Crippen MR) is 98.4 cm³/mol. The second kappa shape index (κ2) is 5.52. The van der Waals surface area contributed by atoms with Crippen molar-refractivity contribution in [3.8, 4) is 0 Å². The van der Waals surface area contributed by atoms with E-state index in [1.807, 2.05) is 24.2 Å². The molecule has 0 atom stereocenters. The van der Waals surface area contributed by atoms with Crippen molar-refractivity contribution >= 4 is 22.5 Å². The first-order valence-corrected chi connectivity index (χ1v) is 8.51. The first-order valence-electron chi connectivity index (χ1n) is 8.51. The number of carbonyl (C=O) groups excluding carboxylic acids is 1. The van der Waals surface area contributed by atoms with Crippen molar-refractivity contribution in [2.24, 2.45) is 13.0 Å². The van der Waals surface area contributed by atoms with Gasteiger partial charge in [0.15, 0.2) is 0 Å². The van der Waals surface area contributed by atoms with Gasteiger partial charge in [0.05, 0.1) is 6.54 Å². The highest BCUT2D eigenvalue weighted by Crippen LogP contribution is 2.31. The molecule has 3 nitrogen and oxygen atoms in total. The van der Waals surface area contributed by atoms with E-state index in [0.29, 0.717) is 12.5 Å². The van der Waals surface area contributed by atoms with Crippen molar-refractivity contribution in [1.29, 1.82) is 0 Å². The van der Waals surface area contributed by atoms with Crippen LogP contribution in [-0.4, -0.2) is 10.5 Å². The molecule has 3 aromatic rings. The summed E-state index contributed by atoms with van der Waals surface area (Å²) in [6, 6.07) is 14.7. The van der Waals surface area contributed by atoms with Crippen molar-refractivity contribution in [2.45, 2.75) is 26.8 Å². The average molecular weight is 318 g/mol. The van der Waals surface area contributed by atoms with E-state index in [-0.39, 0.29) is 5.91 Å². The summed E-state index contributed by atoms with van der Waals surface area (Å²) in [6.45, 7) is 5.07. The van der Waals surface area contributed by atoms with Crippen LogP contribution in [0.15, 0.2) is 48.7 Å². The van der Waals surface area contributed by atoms with Crippen LogP contribution in [0.25, 0.3) is 10.9 Å². The van der Waals surface area contributed by atoms with Gasteiger partial charge in [0.2, 0.25) is 0 Å². The van der Waals surface area contributed by atoms with E-state index in [4.69, 9.17) is 0 Å². The Morgan fingerprint density at radius 2 is 1.92 bits per heavy atom. The number of aromatic nitrogens is 1. The molecule has 1 amide bonds. The summed E-state index contributed by atoms with van der Waals surface area (Å²) in [5.41, 5.74) is 5.39. The van der Waals surface area contributed by atoms with Gasteiger partial charge in [0.25, 0.3) is 5.91 Å². The number of carbonyl (C=O) groups is 1. The molecular weight excluding hydrogens is 296 g/mol. The van der Waals surface area contributed by atoms with Crippen LogP contribution in [0.2, 0.25) is 0 Å². The van der Waals surface area contributed by atoms with E-state index in [9.17, 15) is 4.79 Å². The van der Waals surface area contributed by atoms with Crippen LogP contribution in [0.1, 0.15) is 35.3 Å². The summed E-state index contributed by atoms with van der Waals surface area (Å²) in [6.07, 6.45) is 3.06. The number of fused-ring (bicyclic) bond motifs is 2. The van der Waals surface area contributed by atoms with Crippen LogP contribution in [0.3, 0.4) is 0 Å². The fraction of sp³-hybridized carbons (Fsp3) is 0.286. The molecule has 122 valence electrons. The number of amides is 1. The molecule has 4 rings (SSSR count). The molecule has 0 aliphatic carbocycles. The Morgan fingerprint density at radius 3 is 2.71 bits per heavy atom. The summed E-state index contributed by atoms with van der Waals surface area (Å²) >= 11 is 0. The van der Waals surface area contributed by atoms with Gasteiger partial charge < -0.3 is 9.47 Å². The van der Waals surface area contributed by atoms with E-state index >= 15 is 0 Å². The summed E-state index contributed by atoms with van der Waals surface area (Å²) in [7, 11) is 2.04. The number of hydrogen-bond donors (Lipinski definition) is 0. The average Bonchev–Trinajstić information content (AvgIpc) is 3.08. The van der Waals surface area contributed by atoms with Crippen LogP contribution in [0.5, 0.6) is 0 Å². The molecule has 0 saturated carbocycles. The fourth-order valence-electron chi connectivity index (χ4n) is 3.59. The minimum absolute atomic E-state index is 0.117. The van der Waals surface area contributed by atoms with Gasteiger partial charge >= 0.3 is 0 Å². The first kappa shape index (κ1) is 15.0. The smallest absolute Gasteiger partial charge is 0.258 e. The predicted octanol–water partition coefficient (Wildman–Crippen LogP) is 4.54. The molecule has 0 unspecified atom stereocenters. The Hall–Kier alpha value is -2.55. The molecule has 0 fully saturated rings. The Balaban J connectivity index is 1.68. The third kappa shape index (κ3) is 2.41. The highest BCUT2D eigenvalue weighted by Gasteiger charge is 2.28. The number of hydrogen-bond acceptors (Lipinski definition) is 1. The van der Waals surface area contributed by atoms with Gasteiger partial charge in [-0.3, -0.25) is 4.79 Å². The van der Waals surface area contributed by atoms with E-state index in [1.165, 1.54) is 16.5 Å². The molecule has 2 aromatic carbocycles. The molecule has 3 heteroatoms. The first-order chi connectivity index (χ1) is 11.5. The lowest BCUT2D eigenvalue weighted by Crippen LogP contribution is -2.22. The SMILES string of the molecule is CC(C)Cc1ccc2c(c1)C(=O)N(c1ccc3c(ccn3C)c1)C2. The van der Waals surface area contributed by atoms with E-state index in [0.717, 1.165) is 23.2 Å². The second-order valence-corrected chi connectivity index (χ2v) is 7.15. The molecule has 2 heterocycles. The summed E-state index contributed by atoms with van der Waals surface area (Å²) < 4.78 is 2.10. The Labute approximate surface area is 142 Å². The summed E-state index contributed by atoms with van der Waals surface area (Å²) in [5, 5.41) is 1.17. The molecule has 24 heavy (non-hydrogen) atoms. The molecule has 1 aromatic heterocycles. The lowest BCUT2D eigenvalue weighted by atomic mass is 9.99. The number of benzene rings is 2. The number of aryl methyl sites for hydroxylation is 1. The van der Waals surface area contributed by atoms with Crippen molar-refractivity contribution < 1.29 is 4.79 Å². The van der Waals surface area contributed by atoms with Gasteiger partial charge in [-0.2, -0.15) is 0 Å². The van der Waals surface area contributed by atoms with Crippen LogP contribution in [-0.2, 0) is 20.0 Å². The number of nitrogens with zero attached hydrogens (tertiary/aromatic N) is 2. The molecule has 0 saturated heterocycles. The third-order valence-electron chi connectivity index (χ3n) is 4.80. The minimum atomic E-state index is 0.117. The third-order valence-corrected chi connectivity index (χ3v) is 4.80. The maximum absolute atomic E-state index is 12.9. The molecule has 0 N–H and O–H groups in total. The van der Waals surface area contributed by atoms with Crippen LogP contribution >= 0.6 is 0 Å². The van der Waals surface area contributed by atoms with Gasteiger partial charge in [-0.25, -0.2) is 0 Å². The van der Waals surface area contributed by atoms with E-state index in [2.05, 4.69) is 54.8 Å². The molecular formula is C21H22N2O. The highest BCUT2D eigenvalue weighted by molar-refractivity contribution is 6.10. The van der Waals surface area contributed by atoms with Crippen LogP contribution in [0.4, 0.5) is 5.69 Å². The van der Waals surface area contributed by atoms with Gasteiger partial charge in [-0.15, -0.1) is 0 Å². The molecule has 1 aliphatic heterocycles. The Bertz CT molecular complexity index is 936. The van der Waals surface area contributed by atoms with Gasteiger partial charge in [0, 0.05) is 35.4 Å². The van der Waals surface area contributed by atoms with Crippen LogP contribution < -0.4 is 4.90 Å². The quantitative estimate of drug-likeness (QED) is 0.696. The van der Waals surface area contributed by atoms with Gasteiger partial charge in [-0.05, 0) is 53.8 Å². The molecule has 0 radical (unpaired) electrons.